The van der Waals surface area contributed by atoms with Gasteiger partial charge in [-0.1, -0.05) is 67.6 Å². The third-order valence-electron chi connectivity index (χ3n) is 4.17. The first kappa shape index (κ1) is 17.4. The highest BCUT2D eigenvalue weighted by Gasteiger charge is 2.14. The van der Waals surface area contributed by atoms with Crippen LogP contribution in [0.4, 0.5) is 0 Å². The summed E-state index contributed by atoms with van der Waals surface area (Å²) in [6, 6.07) is 20.1. The van der Waals surface area contributed by atoms with E-state index in [1.165, 1.54) is 0 Å². The summed E-state index contributed by atoms with van der Waals surface area (Å²) >= 11 is 0. The second-order valence-electron chi connectivity index (χ2n) is 5.98. The molecule has 25 heavy (non-hydrogen) atoms. The van der Waals surface area contributed by atoms with Gasteiger partial charge in [-0.05, 0) is 6.42 Å². The van der Waals surface area contributed by atoms with Crippen LogP contribution in [0.15, 0.2) is 60.7 Å². The van der Waals surface area contributed by atoms with Crippen molar-refractivity contribution < 1.29 is 8.42 Å². The number of aromatic nitrogens is 2. The van der Waals surface area contributed by atoms with E-state index in [-0.39, 0.29) is 11.5 Å². The SMILES string of the molecule is CCS(=O)(=O)CCCc1nc(-c2ccccc2)c(-c2ccccc2)[nH]1. The number of aromatic amines is 1. The molecule has 1 heterocycles. The van der Waals surface area contributed by atoms with E-state index in [9.17, 15) is 8.42 Å². The first-order chi connectivity index (χ1) is 12.1. The van der Waals surface area contributed by atoms with Crippen molar-refractivity contribution in [1.82, 2.24) is 9.97 Å². The van der Waals surface area contributed by atoms with Crippen LogP contribution in [0.5, 0.6) is 0 Å². The Morgan fingerprint density at radius 3 is 2.12 bits per heavy atom. The van der Waals surface area contributed by atoms with Crippen LogP contribution in [0, 0.1) is 0 Å². The number of nitrogens with zero attached hydrogens (tertiary/aromatic N) is 1. The Morgan fingerprint density at radius 1 is 0.920 bits per heavy atom. The maximum atomic E-state index is 11.7. The van der Waals surface area contributed by atoms with Gasteiger partial charge in [-0.3, -0.25) is 0 Å². The van der Waals surface area contributed by atoms with E-state index in [0.717, 1.165) is 28.3 Å². The van der Waals surface area contributed by atoms with Gasteiger partial charge < -0.3 is 4.98 Å². The molecule has 3 aromatic rings. The van der Waals surface area contributed by atoms with Gasteiger partial charge in [0.15, 0.2) is 0 Å². The highest BCUT2D eigenvalue weighted by Crippen LogP contribution is 2.30. The quantitative estimate of drug-likeness (QED) is 0.694. The van der Waals surface area contributed by atoms with Gasteiger partial charge >= 0.3 is 0 Å². The van der Waals surface area contributed by atoms with Crippen LogP contribution in [0.1, 0.15) is 19.2 Å². The molecule has 0 radical (unpaired) electrons. The first-order valence-corrected chi connectivity index (χ1v) is 10.3. The van der Waals surface area contributed by atoms with Gasteiger partial charge in [-0.2, -0.15) is 0 Å². The number of H-pyrrole nitrogens is 1. The molecular weight excluding hydrogens is 332 g/mol. The first-order valence-electron chi connectivity index (χ1n) is 8.49. The minimum Gasteiger partial charge on any atom is -0.341 e. The van der Waals surface area contributed by atoms with Gasteiger partial charge in [-0.15, -0.1) is 0 Å². The molecule has 5 heteroatoms. The summed E-state index contributed by atoms with van der Waals surface area (Å²) in [6.07, 6.45) is 1.19. The highest BCUT2D eigenvalue weighted by molar-refractivity contribution is 7.91. The molecule has 0 bridgehead atoms. The molecule has 130 valence electrons. The minimum absolute atomic E-state index is 0.190. The number of hydrogen-bond donors (Lipinski definition) is 1. The smallest absolute Gasteiger partial charge is 0.150 e. The van der Waals surface area contributed by atoms with Gasteiger partial charge in [0.2, 0.25) is 0 Å². The van der Waals surface area contributed by atoms with Gasteiger partial charge in [0.1, 0.15) is 15.7 Å². The molecule has 0 atom stereocenters. The molecule has 0 fully saturated rings. The van der Waals surface area contributed by atoms with Crippen LogP contribution >= 0.6 is 0 Å². The number of nitrogens with one attached hydrogen (secondary N) is 1. The predicted molar refractivity (Wildman–Crippen MR) is 102 cm³/mol. The summed E-state index contributed by atoms with van der Waals surface area (Å²) in [5.41, 5.74) is 3.99. The number of rotatable bonds is 7. The fourth-order valence-corrected chi connectivity index (χ4v) is 3.64. The molecule has 0 spiro atoms. The lowest BCUT2D eigenvalue weighted by Gasteiger charge is -2.02. The van der Waals surface area contributed by atoms with Crippen molar-refractivity contribution in [2.24, 2.45) is 0 Å². The summed E-state index contributed by atoms with van der Waals surface area (Å²) in [6.45, 7) is 1.68. The number of aryl methyl sites for hydroxylation is 1. The van der Waals surface area contributed by atoms with Gasteiger partial charge in [0, 0.05) is 23.3 Å². The lowest BCUT2D eigenvalue weighted by atomic mass is 10.1. The van der Waals surface area contributed by atoms with Crippen LogP contribution in [0.3, 0.4) is 0 Å². The van der Waals surface area contributed by atoms with Crippen molar-refractivity contribution in [2.45, 2.75) is 19.8 Å². The lowest BCUT2D eigenvalue weighted by Crippen LogP contribution is -2.09. The van der Waals surface area contributed by atoms with Gasteiger partial charge in [-0.25, -0.2) is 13.4 Å². The number of imidazole rings is 1. The molecule has 0 amide bonds. The second kappa shape index (κ2) is 7.66. The Bertz CT molecular complexity index is 860. The molecule has 4 nitrogen and oxygen atoms in total. The van der Waals surface area contributed by atoms with Crippen LogP contribution in [-0.4, -0.2) is 29.9 Å². The van der Waals surface area contributed by atoms with E-state index in [2.05, 4.69) is 4.98 Å². The average molecular weight is 354 g/mol. The normalized spacial score (nSPS) is 11.6. The zero-order valence-electron chi connectivity index (χ0n) is 14.3. The van der Waals surface area contributed by atoms with Crippen molar-refractivity contribution in [3.05, 3.63) is 66.5 Å². The molecule has 1 aromatic heterocycles. The largest absolute Gasteiger partial charge is 0.341 e. The zero-order chi connectivity index (χ0) is 17.7. The van der Waals surface area contributed by atoms with E-state index >= 15 is 0 Å². The summed E-state index contributed by atoms with van der Waals surface area (Å²) in [5.74, 6) is 1.21. The fraction of sp³-hybridized carbons (Fsp3) is 0.250. The highest BCUT2D eigenvalue weighted by atomic mass is 32.2. The molecule has 0 unspecified atom stereocenters. The van der Waals surface area contributed by atoms with Crippen LogP contribution in [-0.2, 0) is 16.3 Å². The molecule has 2 aromatic carbocycles. The topological polar surface area (TPSA) is 62.8 Å². The van der Waals surface area contributed by atoms with Crippen molar-refractivity contribution >= 4 is 9.84 Å². The zero-order valence-corrected chi connectivity index (χ0v) is 15.1. The van der Waals surface area contributed by atoms with Gasteiger partial charge in [0.25, 0.3) is 0 Å². The Balaban J connectivity index is 1.90. The number of hydrogen-bond acceptors (Lipinski definition) is 3. The van der Waals surface area contributed by atoms with Crippen molar-refractivity contribution in [2.75, 3.05) is 11.5 Å². The molecule has 1 N–H and O–H groups in total. The molecule has 0 aliphatic rings. The van der Waals surface area contributed by atoms with E-state index in [1.54, 1.807) is 6.92 Å². The minimum atomic E-state index is -2.94. The van der Waals surface area contributed by atoms with Crippen LogP contribution in [0.25, 0.3) is 22.5 Å². The molecule has 3 rings (SSSR count). The van der Waals surface area contributed by atoms with Gasteiger partial charge in [0.05, 0.1) is 17.1 Å². The summed E-state index contributed by atoms with van der Waals surface area (Å²) in [5, 5.41) is 0. The second-order valence-corrected chi connectivity index (χ2v) is 8.45. The molecule has 0 aliphatic carbocycles. The van der Waals surface area contributed by atoms with Crippen molar-refractivity contribution in [3.8, 4) is 22.5 Å². The Hall–Kier alpha value is -2.40. The van der Waals surface area contributed by atoms with Crippen LogP contribution < -0.4 is 0 Å². The maximum absolute atomic E-state index is 11.7. The Morgan fingerprint density at radius 2 is 1.52 bits per heavy atom. The molecule has 0 saturated heterocycles. The third kappa shape index (κ3) is 4.37. The Labute approximate surface area is 148 Å². The van der Waals surface area contributed by atoms with E-state index in [0.29, 0.717) is 12.8 Å². The maximum Gasteiger partial charge on any atom is 0.150 e. The standard InChI is InChI=1S/C20H22N2O2S/c1-2-25(23,24)15-9-14-18-21-19(16-10-5-3-6-11-16)20(22-18)17-12-7-4-8-13-17/h3-8,10-13H,2,9,14-15H2,1H3,(H,21,22). The molecule has 0 saturated carbocycles. The average Bonchev–Trinajstić information content (AvgIpc) is 3.07. The van der Waals surface area contributed by atoms with E-state index < -0.39 is 9.84 Å². The predicted octanol–water partition coefficient (Wildman–Crippen LogP) is 4.11. The monoisotopic (exact) mass is 354 g/mol. The van der Waals surface area contributed by atoms with Crippen LogP contribution in [0.2, 0.25) is 0 Å². The van der Waals surface area contributed by atoms with Crippen molar-refractivity contribution in [1.29, 1.82) is 0 Å². The summed E-state index contributed by atoms with van der Waals surface area (Å²) < 4.78 is 23.3. The number of sulfone groups is 1. The lowest BCUT2D eigenvalue weighted by molar-refractivity contribution is 0.594. The van der Waals surface area contributed by atoms with E-state index in [4.69, 9.17) is 4.98 Å². The third-order valence-corrected chi connectivity index (χ3v) is 5.96. The van der Waals surface area contributed by atoms with E-state index in [1.807, 2.05) is 60.7 Å². The Kier molecular flexibility index (Phi) is 5.34. The fourth-order valence-electron chi connectivity index (χ4n) is 2.76. The molecule has 0 aliphatic heterocycles. The molecular formula is C20H22N2O2S. The summed E-state index contributed by atoms with van der Waals surface area (Å²) in [7, 11) is -2.94. The summed E-state index contributed by atoms with van der Waals surface area (Å²) in [4.78, 5) is 8.15. The van der Waals surface area contributed by atoms with Crippen molar-refractivity contribution in [3.63, 3.8) is 0 Å². The number of benzene rings is 2.